The third-order valence-corrected chi connectivity index (χ3v) is 5.87. The summed E-state index contributed by atoms with van der Waals surface area (Å²) in [6, 6.07) is 7.23. The molecule has 2 aromatic carbocycles. The molecule has 0 bridgehead atoms. The Morgan fingerprint density at radius 2 is 1.62 bits per heavy atom. The number of alkyl halides is 3. The minimum absolute atomic E-state index is 0.00495. The van der Waals surface area contributed by atoms with Crippen LogP contribution in [0.5, 0.6) is 0 Å². The van der Waals surface area contributed by atoms with Gasteiger partial charge in [0.2, 0.25) is 0 Å². The first-order valence-electron chi connectivity index (χ1n) is 9.32. The zero-order valence-electron chi connectivity index (χ0n) is 17.3. The normalized spacial score (nSPS) is 13.3. The summed E-state index contributed by atoms with van der Waals surface area (Å²) in [5.74, 6) is -1.93. The molecule has 1 N–H and O–H groups in total. The lowest BCUT2D eigenvalue weighted by atomic mass is 9.97. The lowest BCUT2D eigenvalue weighted by Crippen LogP contribution is -2.31. The van der Waals surface area contributed by atoms with Crippen molar-refractivity contribution >= 4 is 69.9 Å². The molecule has 174 valence electrons. The van der Waals surface area contributed by atoms with E-state index < -0.39 is 17.7 Å². The molecule has 2 rings (SSSR count). The number of thiocarbonyl (C=S) groups is 1. The van der Waals surface area contributed by atoms with Gasteiger partial charge in [0, 0.05) is 11.6 Å². The van der Waals surface area contributed by atoms with Gasteiger partial charge in [0.05, 0.1) is 21.0 Å². The fourth-order valence-electron chi connectivity index (χ4n) is 2.66. The third-order valence-electron chi connectivity index (χ3n) is 4.10. The van der Waals surface area contributed by atoms with Gasteiger partial charge in [0.25, 0.3) is 5.17 Å². The first-order valence-corrected chi connectivity index (χ1v) is 11.2. The standard InChI is InChI=1S/C22H20Cl4F3NOS/c1-21(2,3)31-20(32)30-11-13-6-4-12(8-16(13)23)5-7-15(22(27,28)29)14-9-17(24)19(26)18(25)10-14/h4-10,15H,11H2,1-3H3,(H,30,32)/b7-5+. The van der Waals surface area contributed by atoms with Crippen LogP contribution < -0.4 is 5.32 Å². The van der Waals surface area contributed by atoms with Crippen molar-refractivity contribution in [3.8, 4) is 0 Å². The minimum Gasteiger partial charge on any atom is -0.465 e. The molecule has 0 saturated carbocycles. The van der Waals surface area contributed by atoms with Gasteiger partial charge in [-0.15, -0.1) is 0 Å². The summed E-state index contributed by atoms with van der Waals surface area (Å²) in [5.41, 5.74) is 0.656. The maximum absolute atomic E-state index is 13.7. The van der Waals surface area contributed by atoms with Crippen LogP contribution in [0.4, 0.5) is 13.2 Å². The Bertz CT molecular complexity index is 996. The second kappa shape index (κ2) is 10.8. The number of hydrogen-bond acceptors (Lipinski definition) is 2. The molecule has 0 aliphatic rings. The predicted molar refractivity (Wildman–Crippen MR) is 131 cm³/mol. The number of hydrogen-bond donors (Lipinski definition) is 1. The van der Waals surface area contributed by atoms with Gasteiger partial charge in [-0.2, -0.15) is 13.2 Å². The van der Waals surface area contributed by atoms with E-state index in [1.165, 1.54) is 6.08 Å². The summed E-state index contributed by atoms with van der Waals surface area (Å²) in [5, 5.41) is 3.45. The van der Waals surface area contributed by atoms with Crippen LogP contribution in [0.25, 0.3) is 6.08 Å². The lowest BCUT2D eigenvalue weighted by Gasteiger charge is -2.22. The van der Waals surface area contributed by atoms with Crippen molar-refractivity contribution < 1.29 is 17.9 Å². The van der Waals surface area contributed by atoms with Crippen molar-refractivity contribution in [1.82, 2.24) is 5.32 Å². The maximum Gasteiger partial charge on any atom is 0.399 e. The number of benzene rings is 2. The van der Waals surface area contributed by atoms with Crippen molar-refractivity contribution in [1.29, 1.82) is 0 Å². The van der Waals surface area contributed by atoms with Crippen LogP contribution in [0, 0.1) is 0 Å². The molecule has 10 heteroatoms. The van der Waals surface area contributed by atoms with E-state index in [4.69, 9.17) is 63.4 Å². The molecule has 0 radical (unpaired) electrons. The van der Waals surface area contributed by atoms with Crippen LogP contribution in [-0.4, -0.2) is 17.0 Å². The molecule has 0 heterocycles. The van der Waals surface area contributed by atoms with E-state index in [-0.39, 0.29) is 25.8 Å². The Labute approximate surface area is 210 Å². The zero-order chi connectivity index (χ0) is 24.3. The van der Waals surface area contributed by atoms with Crippen LogP contribution in [0.3, 0.4) is 0 Å². The van der Waals surface area contributed by atoms with Gasteiger partial charge in [0.15, 0.2) is 0 Å². The van der Waals surface area contributed by atoms with Crippen molar-refractivity contribution in [3.63, 3.8) is 0 Å². The molecule has 0 aromatic heterocycles. The summed E-state index contributed by atoms with van der Waals surface area (Å²) in [7, 11) is 0. The fourth-order valence-corrected chi connectivity index (χ4v) is 3.85. The molecular formula is C22H20Cl4F3NOS. The Balaban J connectivity index is 2.20. The van der Waals surface area contributed by atoms with E-state index in [9.17, 15) is 13.2 Å². The third kappa shape index (κ3) is 7.99. The van der Waals surface area contributed by atoms with Crippen molar-refractivity contribution in [2.45, 2.75) is 45.0 Å². The van der Waals surface area contributed by atoms with Gasteiger partial charge in [-0.3, -0.25) is 0 Å². The molecule has 1 unspecified atom stereocenters. The largest absolute Gasteiger partial charge is 0.465 e. The lowest BCUT2D eigenvalue weighted by molar-refractivity contribution is -0.139. The zero-order valence-corrected chi connectivity index (χ0v) is 21.1. The Hall–Kier alpha value is -1.18. The van der Waals surface area contributed by atoms with Gasteiger partial charge in [0.1, 0.15) is 5.60 Å². The number of allylic oxidation sites excluding steroid dienone is 1. The van der Waals surface area contributed by atoms with Gasteiger partial charge >= 0.3 is 6.18 Å². The van der Waals surface area contributed by atoms with Crippen LogP contribution in [0.15, 0.2) is 36.4 Å². The Morgan fingerprint density at radius 1 is 1.03 bits per heavy atom. The van der Waals surface area contributed by atoms with Gasteiger partial charge in [-0.25, -0.2) is 0 Å². The topological polar surface area (TPSA) is 21.3 Å². The number of halogens is 7. The second-order valence-corrected chi connectivity index (χ2v) is 9.85. The summed E-state index contributed by atoms with van der Waals surface area (Å²) in [6.45, 7) is 5.92. The quantitative estimate of drug-likeness (QED) is 0.300. The Kier molecular flexibility index (Phi) is 9.16. The van der Waals surface area contributed by atoms with Crippen molar-refractivity contribution in [2.75, 3.05) is 0 Å². The fraction of sp³-hybridized carbons (Fsp3) is 0.318. The molecule has 0 amide bonds. The van der Waals surface area contributed by atoms with Crippen LogP contribution in [-0.2, 0) is 11.3 Å². The average molecular weight is 545 g/mol. The monoisotopic (exact) mass is 543 g/mol. The van der Waals surface area contributed by atoms with Crippen LogP contribution in [0.1, 0.15) is 43.4 Å². The van der Waals surface area contributed by atoms with Gasteiger partial charge < -0.3 is 10.1 Å². The SMILES string of the molecule is CC(C)(C)OC(=S)NCc1ccc(/C=C/C(c2cc(Cl)c(Cl)c(Cl)c2)C(F)(F)F)cc1Cl. The summed E-state index contributed by atoms with van der Waals surface area (Å²) in [6.07, 6.45) is -2.20. The molecule has 0 aliphatic carbocycles. The highest BCUT2D eigenvalue weighted by molar-refractivity contribution is 7.80. The highest BCUT2D eigenvalue weighted by atomic mass is 35.5. The van der Waals surface area contributed by atoms with E-state index in [0.29, 0.717) is 22.7 Å². The molecule has 0 fully saturated rings. The summed E-state index contributed by atoms with van der Waals surface area (Å²) >= 11 is 29.1. The number of ether oxygens (including phenoxy) is 1. The number of nitrogens with one attached hydrogen (secondary N) is 1. The molecule has 1 atom stereocenters. The van der Waals surface area contributed by atoms with Crippen molar-refractivity contribution in [2.24, 2.45) is 0 Å². The van der Waals surface area contributed by atoms with E-state index in [1.54, 1.807) is 18.2 Å². The first-order chi connectivity index (χ1) is 14.7. The Morgan fingerprint density at radius 3 is 2.12 bits per heavy atom. The van der Waals surface area contributed by atoms with E-state index in [0.717, 1.165) is 18.2 Å². The molecular weight excluding hydrogens is 525 g/mol. The van der Waals surface area contributed by atoms with E-state index in [1.807, 2.05) is 20.8 Å². The molecule has 2 nitrogen and oxygen atoms in total. The minimum atomic E-state index is -4.56. The molecule has 0 aliphatic heterocycles. The van der Waals surface area contributed by atoms with Crippen LogP contribution >= 0.6 is 58.6 Å². The maximum atomic E-state index is 13.7. The molecule has 0 saturated heterocycles. The van der Waals surface area contributed by atoms with Gasteiger partial charge in [-0.05, 0) is 67.9 Å². The molecule has 0 spiro atoms. The van der Waals surface area contributed by atoms with Crippen molar-refractivity contribution in [3.05, 3.63) is 73.2 Å². The van der Waals surface area contributed by atoms with Crippen LogP contribution in [0.2, 0.25) is 20.1 Å². The average Bonchev–Trinajstić information content (AvgIpc) is 2.63. The highest BCUT2D eigenvalue weighted by Crippen LogP contribution is 2.41. The smallest absolute Gasteiger partial charge is 0.399 e. The predicted octanol–water partition coefficient (Wildman–Crippen LogP) is 8.85. The van der Waals surface area contributed by atoms with Gasteiger partial charge in [-0.1, -0.05) is 70.7 Å². The summed E-state index contributed by atoms with van der Waals surface area (Å²) < 4.78 is 46.6. The van der Waals surface area contributed by atoms with E-state index in [2.05, 4.69) is 5.32 Å². The van der Waals surface area contributed by atoms with E-state index >= 15 is 0 Å². The first kappa shape index (κ1) is 27.1. The number of rotatable bonds is 5. The molecule has 32 heavy (non-hydrogen) atoms. The highest BCUT2D eigenvalue weighted by Gasteiger charge is 2.39. The molecule has 2 aromatic rings. The second-order valence-electron chi connectivity index (χ2n) is 7.88. The summed E-state index contributed by atoms with van der Waals surface area (Å²) in [4.78, 5) is 0.